The zero-order valence-corrected chi connectivity index (χ0v) is 13.2. The Morgan fingerprint density at radius 2 is 2.10 bits per heavy atom. The highest BCUT2D eigenvalue weighted by atomic mass is 79.9. The Morgan fingerprint density at radius 1 is 1.33 bits per heavy atom. The van der Waals surface area contributed by atoms with E-state index in [1.54, 1.807) is 0 Å². The van der Waals surface area contributed by atoms with Gasteiger partial charge in [0, 0.05) is 28.2 Å². The second-order valence-electron chi connectivity index (χ2n) is 4.83. The van der Waals surface area contributed by atoms with Gasteiger partial charge < -0.3 is 11.1 Å². The summed E-state index contributed by atoms with van der Waals surface area (Å²) in [7, 11) is 0. The smallest absolute Gasteiger partial charge is 0.248 e. The third kappa shape index (κ3) is 4.12. The summed E-state index contributed by atoms with van der Waals surface area (Å²) in [6, 6.07) is 12.1. The van der Waals surface area contributed by atoms with Gasteiger partial charge in [0.2, 0.25) is 5.91 Å². The van der Waals surface area contributed by atoms with Crippen molar-refractivity contribution in [2.75, 3.05) is 0 Å². The number of hydrogen-bond acceptors (Lipinski definition) is 2. The van der Waals surface area contributed by atoms with E-state index in [0.717, 1.165) is 10.0 Å². The van der Waals surface area contributed by atoms with E-state index < -0.39 is 5.91 Å². The van der Waals surface area contributed by atoms with Gasteiger partial charge in [-0.2, -0.15) is 0 Å². The zero-order valence-electron chi connectivity index (χ0n) is 11.6. The second-order valence-corrected chi connectivity index (χ2v) is 5.74. The van der Waals surface area contributed by atoms with Crippen LogP contribution in [0.2, 0.25) is 0 Å². The summed E-state index contributed by atoms with van der Waals surface area (Å²) < 4.78 is 14.7. The van der Waals surface area contributed by atoms with Gasteiger partial charge in [0.25, 0.3) is 0 Å². The SMILES string of the molecule is C[C@@H](NCc1cc(C(N)=O)ccc1F)c1cccc(Br)c1. The molecular weight excluding hydrogens is 335 g/mol. The van der Waals surface area contributed by atoms with E-state index in [2.05, 4.69) is 21.2 Å². The first kappa shape index (κ1) is 15.7. The first-order chi connectivity index (χ1) is 9.97. The Labute approximate surface area is 131 Å². The number of nitrogens with two attached hydrogens (primary N) is 1. The number of rotatable bonds is 5. The summed E-state index contributed by atoms with van der Waals surface area (Å²) in [5.41, 5.74) is 7.04. The summed E-state index contributed by atoms with van der Waals surface area (Å²) in [6.45, 7) is 2.32. The number of hydrogen-bond donors (Lipinski definition) is 2. The minimum absolute atomic E-state index is 0.0548. The third-order valence-electron chi connectivity index (χ3n) is 3.28. The van der Waals surface area contributed by atoms with Gasteiger partial charge in [-0.25, -0.2) is 4.39 Å². The fourth-order valence-electron chi connectivity index (χ4n) is 2.02. The number of nitrogens with one attached hydrogen (secondary N) is 1. The first-order valence-corrected chi connectivity index (χ1v) is 7.33. The Kier molecular flexibility index (Phi) is 5.09. The van der Waals surface area contributed by atoms with Crippen molar-refractivity contribution >= 4 is 21.8 Å². The van der Waals surface area contributed by atoms with Crippen LogP contribution in [0.3, 0.4) is 0 Å². The van der Waals surface area contributed by atoms with Crippen molar-refractivity contribution in [2.24, 2.45) is 5.73 Å². The lowest BCUT2D eigenvalue weighted by atomic mass is 10.1. The highest BCUT2D eigenvalue weighted by Gasteiger charge is 2.10. The molecule has 0 saturated carbocycles. The predicted octanol–water partition coefficient (Wildman–Crippen LogP) is 3.54. The van der Waals surface area contributed by atoms with Gasteiger partial charge in [-0.05, 0) is 42.8 Å². The van der Waals surface area contributed by atoms with Crippen LogP contribution in [0.4, 0.5) is 4.39 Å². The van der Waals surface area contributed by atoms with Crippen molar-refractivity contribution in [3.8, 4) is 0 Å². The van der Waals surface area contributed by atoms with E-state index in [1.807, 2.05) is 31.2 Å². The molecule has 0 aliphatic rings. The molecule has 1 atom stereocenters. The number of carbonyl (C=O) groups excluding carboxylic acids is 1. The molecule has 0 aliphatic carbocycles. The first-order valence-electron chi connectivity index (χ1n) is 6.54. The molecule has 0 saturated heterocycles. The molecule has 2 aromatic carbocycles. The third-order valence-corrected chi connectivity index (χ3v) is 3.77. The van der Waals surface area contributed by atoms with Crippen molar-refractivity contribution in [3.63, 3.8) is 0 Å². The maximum absolute atomic E-state index is 13.8. The van der Waals surface area contributed by atoms with Gasteiger partial charge in [0.15, 0.2) is 0 Å². The predicted molar refractivity (Wildman–Crippen MR) is 84.3 cm³/mol. The van der Waals surface area contributed by atoms with Crippen molar-refractivity contribution < 1.29 is 9.18 Å². The van der Waals surface area contributed by atoms with E-state index in [-0.39, 0.29) is 11.9 Å². The topological polar surface area (TPSA) is 55.1 Å². The summed E-state index contributed by atoms with van der Waals surface area (Å²) in [5, 5.41) is 3.24. The molecule has 2 aromatic rings. The van der Waals surface area contributed by atoms with Crippen LogP contribution in [0.25, 0.3) is 0 Å². The highest BCUT2D eigenvalue weighted by Crippen LogP contribution is 2.19. The maximum Gasteiger partial charge on any atom is 0.248 e. The van der Waals surface area contributed by atoms with Crippen LogP contribution in [0.5, 0.6) is 0 Å². The minimum Gasteiger partial charge on any atom is -0.366 e. The fourth-order valence-corrected chi connectivity index (χ4v) is 2.44. The maximum atomic E-state index is 13.8. The quantitative estimate of drug-likeness (QED) is 0.866. The molecule has 3 N–H and O–H groups in total. The summed E-state index contributed by atoms with van der Waals surface area (Å²) >= 11 is 3.42. The molecule has 0 aromatic heterocycles. The highest BCUT2D eigenvalue weighted by molar-refractivity contribution is 9.10. The van der Waals surface area contributed by atoms with Crippen LogP contribution in [0.1, 0.15) is 34.5 Å². The molecule has 0 heterocycles. The van der Waals surface area contributed by atoms with E-state index in [9.17, 15) is 9.18 Å². The number of halogens is 2. The number of benzene rings is 2. The lowest BCUT2D eigenvalue weighted by Gasteiger charge is -2.15. The van der Waals surface area contributed by atoms with E-state index >= 15 is 0 Å². The van der Waals surface area contributed by atoms with Crippen LogP contribution in [0.15, 0.2) is 46.9 Å². The van der Waals surface area contributed by atoms with E-state index in [0.29, 0.717) is 17.7 Å². The van der Waals surface area contributed by atoms with Crippen molar-refractivity contribution in [1.29, 1.82) is 0 Å². The fraction of sp³-hybridized carbons (Fsp3) is 0.188. The average Bonchev–Trinajstić information content (AvgIpc) is 2.45. The van der Waals surface area contributed by atoms with Crippen LogP contribution in [-0.2, 0) is 6.54 Å². The standard InChI is InChI=1S/C16H16BrFN2O/c1-10(11-3-2-4-14(17)8-11)20-9-13-7-12(16(19)21)5-6-15(13)18/h2-8,10,20H,9H2,1H3,(H2,19,21)/t10-/m1/s1. The van der Waals surface area contributed by atoms with Gasteiger partial charge in [-0.3, -0.25) is 4.79 Å². The van der Waals surface area contributed by atoms with Crippen LogP contribution < -0.4 is 11.1 Å². The minimum atomic E-state index is -0.559. The van der Waals surface area contributed by atoms with Gasteiger partial charge >= 0.3 is 0 Å². The van der Waals surface area contributed by atoms with Crippen LogP contribution in [-0.4, -0.2) is 5.91 Å². The summed E-state index contributed by atoms with van der Waals surface area (Å²) in [6.07, 6.45) is 0. The number of primary amides is 1. The monoisotopic (exact) mass is 350 g/mol. The lowest BCUT2D eigenvalue weighted by molar-refractivity contribution is 0.1000. The van der Waals surface area contributed by atoms with Gasteiger partial charge in [0.1, 0.15) is 5.82 Å². The van der Waals surface area contributed by atoms with Crippen LogP contribution >= 0.6 is 15.9 Å². The summed E-state index contributed by atoms with van der Waals surface area (Å²) in [5.74, 6) is -0.912. The molecule has 110 valence electrons. The number of carbonyl (C=O) groups is 1. The molecule has 21 heavy (non-hydrogen) atoms. The molecule has 0 fully saturated rings. The normalized spacial score (nSPS) is 12.1. The Morgan fingerprint density at radius 3 is 2.76 bits per heavy atom. The van der Waals surface area contributed by atoms with Crippen molar-refractivity contribution in [1.82, 2.24) is 5.32 Å². The number of amides is 1. The molecule has 5 heteroatoms. The molecule has 0 spiro atoms. The van der Waals surface area contributed by atoms with E-state index in [4.69, 9.17) is 5.73 Å². The zero-order chi connectivity index (χ0) is 15.4. The Hall–Kier alpha value is -1.72. The van der Waals surface area contributed by atoms with Crippen molar-refractivity contribution in [2.45, 2.75) is 19.5 Å². The molecule has 0 radical (unpaired) electrons. The second kappa shape index (κ2) is 6.83. The molecule has 1 amide bonds. The molecule has 0 unspecified atom stereocenters. The Bertz CT molecular complexity index is 660. The molecular formula is C16H16BrFN2O. The molecule has 0 bridgehead atoms. The molecule has 3 nitrogen and oxygen atoms in total. The van der Waals surface area contributed by atoms with Gasteiger partial charge in [-0.15, -0.1) is 0 Å². The van der Waals surface area contributed by atoms with Crippen LogP contribution in [0, 0.1) is 5.82 Å². The van der Waals surface area contributed by atoms with Gasteiger partial charge in [0.05, 0.1) is 0 Å². The van der Waals surface area contributed by atoms with Crippen molar-refractivity contribution in [3.05, 3.63) is 69.4 Å². The van der Waals surface area contributed by atoms with E-state index in [1.165, 1.54) is 18.2 Å². The lowest BCUT2D eigenvalue weighted by Crippen LogP contribution is -2.19. The average molecular weight is 351 g/mol. The molecule has 2 rings (SSSR count). The van der Waals surface area contributed by atoms with Gasteiger partial charge in [-0.1, -0.05) is 28.1 Å². The Balaban J connectivity index is 2.09. The molecule has 0 aliphatic heterocycles. The summed E-state index contributed by atoms with van der Waals surface area (Å²) in [4.78, 5) is 11.1. The largest absolute Gasteiger partial charge is 0.366 e.